The van der Waals surface area contributed by atoms with Crippen LogP contribution >= 0.6 is 0 Å². The second-order valence-electron chi connectivity index (χ2n) is 7.11. The van der Waals surface area contributed by atoms with Gasteiger partial charge in [0.2, 0.25) is 0 Å². The number of anilines is 1. The Hall–Kier alpha value is -4.35. The van der Waals surface area contributed by atoms with Gasteiger partial charge in [0.25, 0.3) is 0 Å². The second-order valence-corrected chi connectivity index (χ2v) is 7.11. The molecule has 2 aliphatic rings. The van der Waals surface area contributed by atoms with Gasteiger partial charge >= 0.3 is 29.8 Å². The van der Waals surface area contributed by atoms with E-state index in [1.165, 1.54) is 24.1 Å². The topological polar surface area (TPSA) is 161 Å². The highest BCUT2D eigenvalue weighted by atomic mass is 16.6. The second kappa shape index (κ2) is 9.25. The molecule has 0 saturated heterocycles. The van der Waals surface area contributed by atoms with Gasteiger partial charge in [0.1, 0.15) is 35.7 Å². The molecule has 0 saturated carbocycles. The molecule has 1 aromatic carbocycles. The molecule has 0 aromatic heterocycles. The number of hydrogen-bond acceptors (Lipinski definition) is 12. The van der Waals surface area contributed by atoms with E-state index < -0.39 is 59.4 Å². The number of hydrogen-bond donors (Lipinski definition) is 1. The third-order valence-electron chi connectivity index (χ3n) is 5.52. The normalized spacial score (nSPS) is 18.9. The van der Waals surface area contributed by atoms with E-state index in [1.54, 1.807) is 12.1 Å². The molecule has 0 radical (unpaired) electrons. The van der Waals surface area contributed by atoms with Crippen molar-refractivity contribution < 1.29 is 47.7 Å². The number of nitrogens with zero attached hydrogens (tertiary/aromatic N) is 1. The average Bonchev–Trinajstić information content (AvgIpc) is 3.12. The molecule has 1 atom stereocenters. The number of ether oxygens (including phenoxy) is 5. The van der Waals surface area contributed by atoms with Gasteiger partial charge < -0.3 is 34.3 Å². The molecule has 180 valence electrons. The molecule has 0 aliphatic carbocycles. The Balaban J connectivity index is 2.46. The SMILES string of the molecule is COC(=O)CC1=C(C(=O)OC)C2(C(=O)O1)C(C(=O)OC)=C(N)N(CC(=O)OC)c1ccccc12. The van der Waals surface area contributed by atoms with Crippen molar-refractivity contribution in [3.63, 3.8) is 0 Å². The molecule has 0 bridgehead atoms. The molecule has 1 spiro atoms. The van der Waals surface area contributed by atoms with E-state index in [2.05, 4.69) is 4.74 Å². The predicted octanol–water partition coefficient (Wildman–Crippen LogP) is -0.192. The Kier molecular flexibility index (Phi) is 6.61. The molecule has 1 aromatic rings. The minimum Gasteiger partial charge on any atom is -0.469 e. The molecule has 12 heteroatoms. The van der Waals surface area contributed by atoms with Crippen LogP contribution in [0.15, 0.2) is 47.0 Å². The summed E-state index contributed by atoms with van der Waals surface area (Å²) in [6, 6.07) is 6.14. The van der Waals surface area contributed by atoms with E-state index in [-0.39, 0.29) is 22.8 Å². The first kappa shape index (κ1) is 24.3. The highest BCUT2D eigenvalue weighted by molar-refractivity contribution is 6.16. The van der Waals surface area contributed by atoms with Crippen LogP contribution in [0.2, 0.25) is 0 Å². The van der Waals surface area contributed by atoms with E-state index in [0.29, 0.717) is 0 Å². The van der Waals surface area contributed by atoms with Gasteiger partial charge in [0.15, 0.2) is 5.41 Å². The number of carbonyl (C=O) groups is 5. The zero-order valence-electron chi connectivity index (χ0n) is 18.8. The van der Waals surface area contributed by atoms with Crippen LogP contribution in [0, 0.1) is 0 Å². The van der Waals surface area contributed by atoms with Crippen molar-refractivity contribution in [1.82, 2.24) is 0 Å². The van der Waals surface area contributed by atoms with Crippen molar-refractivity contribution in [2.45, 2.75) is 11.8 Å². The molecule has 2 N–H and O–H groups in total. The molecule has 34 heavy (non-hydrogen) atoms. The zero-order chi connectivity index (χ0) is 25.2. The third-order valence-corrected chi connectivity index (χ3v) is 5.52. The smallest absolute Gasteiger partial charge is 0.339 e. The summed E-state index contributed by atoms with van der Waals surface area (Å²) >= 11 is 0. The molecule has 1 unspecified atom stereocenters. The van der Waals surface area contributed by atoms with E-state index in [1.807, 2.05) is 0 Å². The number of esters is 5. The summed E-state index contributed by atoms with van der Waals surface area (Å²) in [4.78, 5) is 65.0. The van der Waals surface area contributed by atoms with Crippen LogP contribution in [0.4, 0.5) is 5.69 Å². The van der Waals surface area contributed by atoms with Crippen molar-refractivity contribution in [2.24, 2.45) is 5.73 Å². The quantitative estimate of drug-likeness (QED) is 0.428. The van der Waals surface area contributed by atoms with Gasteiger partial charge in [-0.1, -0.05) is 18.2 Å². The Morgan fingerprint density at radius 2 is 1.50 bits per heavy atom. The largest absolute Gasteiger partial charge is 0.469 e. The standard InChI is InChI=1S/C22H22N2O10/c1-30-14(25)9-13-16(19(27)32-3)22(21(29)34-13)11-7-5-6-8-12(11)24(10-15(26)31-2)18(23)17(22)20(28)33-4/h5-8H,9-10,23H2,1-4H3. The van der Waals surface area contributed by atoms with Crippen LogP contribution in [-0.2, 0) is 53.1 Å². The summed E-state index contributed by atoms with van der Waals surface area (Å²) < 4.78 is 24.5. The molecule has 0 amide bonds. The van der Waals surface area contributed by atoms with Gasteiger partial charge in [-0.2, -0.15) is 0 Å². The summed E-state index contributed by atoms with van der Waals surface area (Å²) in [5.74, 6) is -5.42. The fourth-order valence-electron chi connectivity index (χ4n) is 4.06. The third kappa shape index (κ3) is 3.52. The number of cyclic esters (lactones) is 1. The molecule has 3 rings (SSSR count). The first-order valence-electron chi connectivity index (χ1n) is 9.82. The van der Waals surface area contributed by atoms with Gasteiger partial charge in [-0.3, -0.25) is 9.59 Å². The van der Waals surface area contributed by atoms with Gasteiger partial charge in [0.05, 0.1) is 28.4 Å². The van der Waals surface area contributed by atoms with Crippen molar-refractivity contribution in [3.8, 4) is 0 Å². The van der Waals surface area contributed by atoms with Crippen LogP contribution < -0.4 is 10.6 Å². The zero-order valence-corrected chi connectivity index (χ0v) is 18.8. The maximum absolute atomic E-state index is 13.6. The molecular formula is C22H22N2O10. The minimum absolute atomic E-state index is 0.0822. The Morgan fingerprint density at radius 1 is 0.912 bits per heavy atom. The lowest BCUT2D eigenvalue weighted by Crippen LogP contribution is -2.51. The Labute approximate surface area is 193 Å². The number of benzene rings is 1. The summed E-state index contributed by atoms with van der Waals surface area (Å²) in [5, 5.41) is 0. The lowest BCUT2D eigenvalue weighted by atomic mass is 9.66. The molecule has 2 aliphatic heterocycles. The van der Waals surface area contributed by atoms with E-state index in [0.717, 1.165) is 21.3 Å². The number of methoxy groups -OCH3 is 4. The lowest BCUT2D eigenvalue weighted by Gasteiger charge is -2.40. The minimum atomic E-state index is -2.24. The molecule has 2 heterocycles. The fourth-order valence-corrected chi connectivity index (χ4v) is 4.06. The molecular weight excluding hydrogens is 452 g/mol. The summed E-state index contributed by atoms with van der Waals surface area (Å²) in [6.07, 6.45) is -0.600. The Morgan fingerprint density at radius 3 is 2.09 bits per heavy atom. The predicted molar refractivity (Wildman–Crippen MR) is 112 cm³/mol. The fraction of sp³-hybridized carbons (Fsp3) is 0.318. The van der Waals surface area contributed by atoms with Gasteiger partial charge in [0, 0.05) is 11.3 Å². The van der Waals surface area contributed by atoms with Crippen LogP contribution in [0.5, 0.6) is 0 Å². The lowest BCUT2D eigenvalue weighted by molar-refractivity contribution is -0.147. The first-order valence-corrected chi connectivity index (χ1v) is 9.82. The highest BCUT2D eigenvalue weighted by Gasteiger charge is 2.64. The van der Waals surface area contributed by atoms with Crippen LogP contribution in [0.25, 0.3) is 0 Å². The number of fused-ring (bicyclic) bond motifs is 2. The summed E-state index contributed by atoms with van der Waals surface area (Å²) in [5.41, 5.74) is 3.48. The van der Waals surface area contributed by atoms with Gasteiger partial charge in [-0.25, -0.2) is 14.4 Å². The van der Waals surface area contributed by atoms with E-state index in [9.17, 15) is 24.0 Å². The highest BCUT2D eigenvalue weighted by Crippen LogP contribution is 2.54. The number of carbonyl (C=O) groups excluding carboxylic acids is 5. The van der Waals surface area contributed by atoms with E-state index in [4.69, 9.17) is 24.7 Å². The van der Waals surface area contributed by atoms with Crippen molar-refractivity contribution in [3.05, 3.63) is 52.6 Å². The summed E-state index contributed by atoms with van der Waals surface area (Å²) in [6.45, 7) is -0.419. The Bertz CT molecular complexity index is 1150. The first-order chi connectivity index (χ1) is 16.2. The number of para-hydroxylation sites is 1. The molecule has 0 fully saturated rings. The van der Waals surface area contributed by atoms with Crippen molar-refractivity contribution in [2.75, 3.05) is 39.9 Å². The maximum Gasteiger partial charge on any atom is 0.339 e. The van der Waals surface area contributed by atoms with Crippen LogP contribution in [-0.4, -0.2) is 64.8 Å². The maximum atomic E-state index is 13.6. The van der Waals surface area contributed by atoms with Crippen LogP contribution in [0.3, 0.4) is 0 Å². The van der Waals surface area contributed by atoms with Crippen molar-refractivity contribution in [1.29, 1.82) is 0 Å². The van der Waals surface area contributed by atoms with Crippen LogP contribution in [0.1, 0.15) is 12.0 Å². The van der Waals surface area contributed by atoms with E-state index >= 15 is 0 Å². The monoisotopic (exact) mass is 474 g/mol. The number of nitrogens with two attached hydrogens (primary N) is 1. The summed E-state index contributed by atoms with van der Waals surface area (Å²) in [7, 11) is 4.40. The van der Waals surface area contributed by atoms with Gasteiger partial charge in [-0.05, 0) is 6.07 Å². The molecule has 12 nitrogen and oxygen atoms in total. The number of rotatable bonds is 6. The van der Waals surface area contributed by atoms with Crippen molar-refractivity contribution >= 4 is 35.5 Å². The van der Waals surface area contributed by atoms with Gasteiger partial charge in [-0.15, -0.1) is 0 Å². The average molecular weight is 474 g/mol.